The summed E-state index contributed by atoms with van der Waals surface area (Å²) in [5.74, 6) is -0.457. The van der Waals surface area contributed by atoms with Crippen molar-refractivity contribution in [3.8, 4) is 0 Å². The minimum Gasteiger partial charge on any atom is -0.459 e. The van der Waals surface area contributed by atoms with E-state index in [-0.39, 0.29) is 28.5 Å². The molecule has 156 valence electrons. The van der Waals surface area contributed by atoms with Crippen LogP contribution in [0.4, 0.5) is 0 Å². The van der Waals surface area contributed by atoms with Crippen LogP contribution in [0.25, 0.3) is 16.5 Å². The van der Waals surface area contributed by atoms with Crippen LogP contribution in [0.2, 0.25) is 0 Å². The number of carbonyl (C=O) groups excluding carboxylic acids is 2. The average molecular weight is 407 g/mol. The maximum Gasteiger partial charge on any atom is 0.342 e. The highest BCUT2D eigenvalue weighted by Crippen LogP contribution is 2.40. The van der Waals surface area contributed by atoms with Crippen molar-refractivity contribution < 1.29 is 18.8 Å². The number of hydrogen-bond donors (Lipinski definition) is 2. The van der Waals surface area contributed by atoms with Crippen LogP contribution >= 0.6 is 0 Å². The largest absolute Gasteiger partial charge is 0.459 e. The van der Waals surface area contributed by atoms with Gasteiger partial charge in [-0.2, -0.15) is 0 Å². The summed E-state index contributed by atoms with van der Waals surface area (Å²) >= 11 is 0. The van der Waals surface area contributed by atoms with E-state index in [1.165, 1.54) is 0 Å². The Morgan fingerprint density at radius 2 is 1.97 bits per heavy atom. The number of ketones is 1. The van der Waals surface area contributed by atoms with Crippen LogP contribution in [0.1, 0.15) is 55.2 Å². The molecule has 2 N–H and O–H groups in total. The molecule has 4 rings (SSSR count). The van der Waals surface area contributed by atoms with Crippen molar-refractivity contribution in [2.75, 3.05) is 6.54 Å². The molecule has 0 bridgehead atoms. The number of aromatic nitrogens is 2. The molecule has 0 saturated carbocycles. The lowest BCUT2D eigenvalue weighted by molar-refractivity contribution is -0.140. The lowest BCUT2D eigenvalue weighted by Gasteiger charge is -2.24. The minimum absolute atomic E-state index is 0.141. The molecule has 1 aliphatic heterocycles. The first-order valence-corrected chi connectivity index (χ1v) is 9.97. The number of benzene rings is 1. The second-order valence-electron chi connectivity index (χ2n) is 8.51. The average Bonchev–Trinajstić information content (AvgIpc) is 3.24. The summed E-state index contributed by atoms with van der Waals surface area (Å²) in [6, 6.07) is 9.44. The molecule has 0 spiro atoms. The molecular formula is C23H25N3O4. The first-order chi connectivity index (χ1) is 14.2. The first-order valence-electron chi connectivity index (χ1n) is 9.97. The fraction of sp³-hybridized carbons (Fsp3) is 0.348. The minimum atomic E-state index is -0.563. The molecular weight excluding hydrogens is 382 g/mol. The van der Waals surface area contributed by atoms with Gasteiger partial charge in [-0.25, -0.2) is 4.79 Å². The molecule has 0 saturated heterocycles. The van der Waals surface area contributed by atoms with Gasteiger partial charge in [0.15, 0.2) is 5.69 Å². The lowest BCUT2D eigenvalue weighted by atomic mass is 9.82. The summed E-state index contributed by atoms with van der Waals surface area (Å²) in [4.78, 5) is 29.9. The third kappa shape index (κ3) is 3.30. The van der Waals surface area contributed by atoms with E-state index in [2.05, 4.69) is 29.3 Å². The van der Waals surface area contributed by atoms with Gasteiger partial charge in [0.2, 0.25) is 5.78 Å². The van der Waals surface area contributed by atoms with Crippen LogP contribution in [0, 0.1) is 6.92 Å². The van der Waals surface area contributed by atoms with E-state index in [0.29, 0.717) is 18.0 Å². The van der Waals surface area contributed by atoms with Gasteiger partial charge >= 0.3 is 5.97 Å². The fourth-order valence-corrected chi connectivity index (χ4v) is 3.92. The van der Waals surface area contributed by atoms with E-state index in [0.717, 1.165) is 16.5 Å². The zero-order valence-electron chi connectivity index (χ0n) is 17.8. The predicted octanol–water partition coefficient (Wildman–Crippen LogP) is 3.89. The zero-order valence-corrected chi connectivity index (χ0v) is 17.8. The molecule has 3 heterocycles. The Labute approximate surface area is 174 Å². The summed E-state index contributed by atoms with van der Waals surface area (Å²) in [7, 11) is 0. The number of ether oxygens (including phenoxy) is 1. The summed E-state index contributed by atoms with van der Waals surface area (Å²) < 4.78 is 10.6. The third-order valence-corrected chi connectivity index (χ3v) is 5.22. The van der Waals surface area contributed by atoms with Gasteiger partial charge in [-0.3, -0.25) is 4.79 Å². The maximum atomic E-state index is 13.3. The molecule has 0 amide bonds. The van der Waals surface area contributed by atoms with Crippen molar-refractivity contribution in [1.29, 1.82) is 0 Å². The number of rotatable bonds is 4. The van der Waals surface area contributed by atoms with E-state index in [4.69, 9.17) is 9.26 Å². The van der Waals surface area contributed by atoms with Gasteiger partial charge < -0.3 is 19.6 Å². The van der Waals surface area contributed by atoms with Crippen LogP contribution in [0.15, 0.2) is 40.6 Å². The Bertz CT molecular complexity index is 1180. The highest BCUT2D eigenvalue weighted by Gasteiger charge is 2.38. The number of allylic oxidation sites excluding steroid dienone is 1. The Morgan fingerprint density at radius 1 is 1.23 bits per heavy atom. The van der Waals surface area contributed by atoms with Crippen molar-refractivity contribution in [2.45, 2.75) is 46.1 Å². The van der Waals surface area contributed by atoms with Gasteiger partial charge in [-0.15, -0.1) is 0 Å². The fourth-order valence-electron chi connectivity index (χ4n) is 3.92. The monoisotopic (exact) mass is 407 g/mol. The predicted molar refractivity (Wildman–Crippen MR) is 113 cm³/mol. The van der Waals surface area contributed by atoms with E-state index >= 15 is 0 Å². The van der Waals surface area contributed by atoms with Gasteiger partial charge in [-0.05, 0) is 32.4 Å². The lowest BCUT2D eigenvalue weighted by Crippen LogP contribution is -2.33. The highest BCUT2D eigenvalue weighted by atomic mass is 16.5. The Morgan fingerprint density at radius 3 is 2.63 bits per heavy atom. The van der Waals surface area contributed by atoms with Crippen molar-refractivity contribution in [3.05, 3.63) is 58.7 Å². The SMILES string of the molecule is Cc1cc(C(=O)C2=C(C(=O)OC(C)C)c3[nH]c4ccccc4c3C(C)(C)CN2)no1. The molecule has 0 fully saturated rings. The quantitative estimate of drug-likeness (QED) is 0.503. The maximum absolute atomic E-state index is 13.3. The van der Waals surface area contributed by atoms with Crippen molar-refractivity contribution in [3.63, 3.8) is 0 Å². The summed E-state index contributed by atoms with van der Waals surface area (Å²) in [6.45, 7) is 9.89. The summed E-state index contributed by atoms with van der Waals surface area (Å²) in [5, 5.41) is 8.07. The van der Waals surface area contributed by atoms with Crippen molar-refractivity contribution in [2.24, 2.45) is 0 Å². The molecule has 30 heavy (non-hydrogen) atoms. The number of Topliss-reactive ketones (excluding diaryl/α,β-unsaturated/α-hetero) is 1. The van der Waals surface area contributed by atoms with Crippen LogP contribution in [-0.2, 0) is 14.9 Å². The molecule has 1 aromatic carbocycles. The molecule has 7 heteroatoms. The van der Waals surface area contributed by atoms with Gasteiger partial charge in [0.05, 0.1) is 11.8 Å². The van der Waals surface area contributed by atoms with E-state index in [9.17, 15) is 9.59 Å². The smallest absolute Gasteiger partial charge is 0.342 e. The Balaban J connectivity index is 2.01. The Hall–Kier alpha value is -3.35. The van der Waals surface area contributed by atoms with Gasteiger partial charge in [0.25, 0.3) is 0 Å². The number of aryl methyl sites for hydroxylation is 1. The van der Waals surface area contributed by atoms with E-state index in [1.807, 2.05) is 24.3 Å². The first kappa shape index (κ1) is 19.9. The number of para-hydroxylation sites is 1. The number of nitrogens with one attached hydrogen (secondary N) is 2. The van der Waals surface area contributed by atoms with Gasteiger partial charge in [0.1, 0.15) is 17.0 Å². The van der Waals surface area contributed by atoms with Crippen LogP contribution < -0.4 is 5.32 Å². The van der Waals surface area contributed by atoms with E-state index < -0.39 is 11.8 Å². The molecule has 7 nitrogen and oxygen atoms in total. The van der Waals surface area contributed by atoms with Crippen molar-refractivity contribution in [1.82, 2.24) is 15.5 Å². The van der Waals surface area contributed by atoms with Gasteiger partial charge in [-0.1, -0.05) is 37.2 Å². The van der Waals surface area contributed by atoms with Crippen LogP contribution in [0.3, 0.4) is 0 Å². The summed E-state index contributed by atoms with van der Waals surface area (Å²) in [5.41, 5.74) is 2.60. The Kier molecular flexibility index (Phi) is 4.76. The number of esters is 1. The highest BCUT2D eigenvalue weighted by molar-refractivity contribution is 6.27. The summed E-state index contributed by atoms with van der Waals surface area (Å²) in [6.07, 6.45) is -0.334. The molecule has 0 aliphatic carbocycles. The topological polar surface area (TPSA) is 97.2 Å². The number of hydrogen-bond acceptors (Lipinski definition) is 6. The van der Waals surface area contributed by atoms with Gasteiger partial charge in [0, 0.05) is 28.9 Å². The second kappa shape index (κ2) is 7.16. The number of aromatic amines is 1. The molecule has 0 atom stereocenters. The molecule has 2 aromatic heterocycles. The normalized spacial score (nSPS) is 15.7. The van der Waals surface area contributed by atoms with Crippen LogP contribution in [-0.4, -0.2) is 34.5 Å². The number of nitrogens with zero attached hydrogens (tertiary/aromatic N) is 1. The standard InChI is InChI=1S/C23H25N3O4/c1-12(2)29-22(28)17-19-18(14-8-6-7-9-15(14)25-19)23(4,5)11-24-20(17)21(27)16-10-13(3)30-26-16/h6-10,12,24-25H,11H2,1-5H3. The number of H-pyrrole nitrogens is 1. The third-order valence-electron chi connectivity index (χ3n) is 5.22. The second-order valence-corrected chi connectivity index (χ2v) is 8.51. The van der Waals surface area contributed by atoms with Crippen molar-refractivity contribution >= 4 is 28.2 Å². The number of carbonyl (C=O) groups is 2. The zero-order chi connectivity index (χ0) is 21.6. The van der Waals surface area contributed by atoms with E-state index in [1.54, 1.807) is 26.8 Å². The molecule has 1 aliphatic rings. The molecule has 0 radical (unpaired) electrons. The molecule has 3 aromatic rings. The van der Waals surface area contributed by atoms with Crippen LogP contribution in [0.5, 0.6) is 0 Å². The number of fused-ring (bicyclic) bond motifs is 3. The molecule has 0 unspecified atom stereocenters.